The van der Waals surface area contributed by atoms with E-state index < -0.39 is 6.10 Å². The summed E-state index contributed by atoms with van der Waals surface area (Å²) in [7, 11) is 1.54. The number of ether oxygens (including phenoxy) is 3. The van der Waals surface area contributed by atoms with Gasteiger partial charge in [-0.2, -0.15) is 0 Å². The number of piperidine rings is 1. The summed E-state index contributed by atoms with van der Waals surface area (Å²) in [5, 5.41) is 3.10. The summed E-state index contributed by atoms with van der Waals surface area (Å²) in [4.78, 5) is 47.8. The summed E-state index contributed by atoms with van der Waals surface area (Å²) in [5.41, 5.74) is 1.23. The quantitative estimate of drug-likeness (QED) is 0.338. The van der Waals surface area contributed by atoms with Gasteiger partial charge in [-0.25, -0.2) is 4.98 Å². The molecule has 0 spiro atoms. The molecular formula is C34H37N5O7. The Labute approximate surface area is 266 Å². The Morgan fingerprint density at radius 2 is 2.02 bits per heavy atom. The van der Waals surface area contributed by atoms with Crippen LogP contribution >= 0.6 is 0 Å². The van der Waals surface area contributed by atoms with E-state index in [1.165, 1.54) is 12.0 Å². The number of methoxy groups -OCH3 is 1. The second-order valence-electron chi connectivity index (χ2n) is 11.4. The molecule has 0 aliphatic carbocycles. The third-order valence-corrected chi connectivity index (χ3v) is 8.08. The minimum atomic E-state index is -0.511. The number of carbonyl (C=O) groups excluding carboxylic acids is 3. The van der Waals surface area contributed by atoms with E-state index in [0.717, 1.165) is 5.56 Å². The molecule has 2 aliphatic rings. The minimum Gasteiger partial charge on any atom is -0.493 e. The molecule has 4 heterocycles. The summed E-state index contributed by atoms with van der Waals surface area (Å²) in [6.45, 7) is 3.57. The first kappa shape index (κ1) is 30.9. The van der Waals surface area contributed by atoms with Crippen molar-refractivity contribution in [2.24, 2.45) is 0 Å². The van der Waals surface area contributed by atoms with Gasteiger partial charge < -0.3 is 38.3 Å². The first-order chi connectivity index (χ1) is 22.4. The maximum Gasteiger partial charge on any atom is 0.289 e. The van der Waals surface area contributed by atoms with Gasteiger partial charge in [0, 0.05) is 37.6 Å². The normalized spacial score (nSPS) is 18.8. The fourth-order valence-electron chi connectivity index (χ4n) is 5.78. The van der Waals surface area contributed by atoms with Crippen LogP contribution in [0.2, 0.25) is 0 Å². The summed E-state index contributed by atoms with van der Waals surface area (Å²) in [5.74, 6) is 1.45. The van der Waals surface area contributed by atoms with E-state index in [9.17, 15) is 14.4 Å². The highest BCUT2D eigenvalue weighted by atomic mass is 16.5. The average Bonchev–Trinajstić information content (AvgIpc) is 3.76. The molecule has 0 saturated carbocycles. The molecule has 2 atom stereocenters. The number of furan rings is 1. The lowest BCUT2D eigenvalue weighted by atomic mass is 10.0. The Kier molecular flexibility index (Phi) is 9.34. The lowest BCUT2D eigenvalue weighted by Crippen LogP contribution is -2.57. The van der Waals surface area contributed by atoms with Crippen LogP contribution < -0.4 is 14.8 Å². The highest BCUT2D eigenvalue weighted by molar-refractivity contribution is 5.97. The van der Waals surface area contributed by atoms with Crippen molar-refractivity contribution in [1.29, 1.82) is 0 Å². The largest absolute Gasteiger partial charge is 0.493 e. The molecule has 240 valence electrons. The summed E-state index contributed by atoms with van der Waals surface area (Å²) in [6, 6.07) is 15.5. The molecule has 4 aromatic rings. The van der Waals surface area contributed by atoms with Gasteiger partial charge in [0.2, 0.25) is 5.91 Å². The van der Waals surface area contributed by atoms with Crippen molar-refractivity contribution >= 4 is 17.7 Å². The SMILES string of the molecule is CCCN1CC(=O)N[C@H]2CCN(C(=O)c3ccc(Cn4ccnc4)o3)C[C@@H]2OCc2cccc(c2)Oc2cc(ccc2OC)C1=O. The molecule has 0 unspecified atom stereocenters. The molecule has 2 aromatic carbocycles. The molecule has 2 aliphatic heterocycles. The maximum atomic E-state index is 13.6. The number of carbonyl (C=O) groups is 3. The Bertz CT molecular complexity index is 1680. The minimum absolute atomic E-state index is 0.119. The number of nitrogens with one attached hydrogen (secondary N) is 1. The van der Waals surface area contributed by atoms with Gasteiger partial charge in [0.05, 0.1) is 45.3 Å². The molecule has 3 amide bonds. The van der Waals surface area contributed by atoms with Gasteiger partial charge in [-0.1, -0.05) is 19.1 Å². The molecule has 0 radical (unpaired) electrons. The van der Waals surface area contributed by atoms with Crippen LogP contribution in [-0.2, 0) is 22.7 Å². The zero-order valence-corrected chi connectivity index (χ0v) is 25.9. The van der Waals surface area contributed by atoms with E-state index >= 15 is 0 Å². The average molecular weight is 628 g/mol. The Balaban J connectivity index is 1.24. The molecule has 12 heteroatoms. The predicted octanol–water partition coefficient (Wildman–Crippen LogP) is 4.11. The van der Waals surface area contributed by atoms with Crippen LogP contribution in [0, 0.1) is 0 Å². The first-order valence-corrected chi connectivity index (χ1v) is 15.4. The van der Waals surface area contributed by atoms with Crippen LogP contribution in [0.25, 0.3) is 0 Å². The lowest BCUT2D eigenvalue weighted by Gasteiger charge is -2.38. The van der Waals surface area contributed by atoms with Crippen LogP contribution in [0.1, 0.15) is 52.0 Å². The fourth-order valence-corrected chi connectivity index (χ4v) is 5.78. The molecule has 4 bridgehead atoms. The van der Waals surface area contributed by atoms with Crippen LogP contribution in [-0.4, -0.2) is 82.5 Å². The Hall–Kier alpha value is -5.10. The number of benzene rings is 2. The number of rotatable bonds is 6. The van der Waals surface area contributed by atoms with Crippen molar-refractivity contribution in [1.82, 2.24) is 24.7 Å². The maximum absolute atomic E-state index is 13.6. The van der Waals surface area contributed by atoms with Gasteiger partial charge in [-0.15, -0.1) is 0 Å². The molecule has 1 N–H and O–H groups in total. The van der Waals surface area contributed by atoms with E-state index in [2.05, 4.69) is 10.3 Å². The molecule has 1 fully saturated rings. The smallest absolute Gasteiger partial charge is 0.289 e. The van der Waals surface area contributed by atoms with E-state index in [0.29, 0.717) is 61.0 Å². The zero-order valence-electron chi connectivity index (χ0n) is 25.9. The third-order valence-electron chi connectivity index (χ3n) is 8.08. The highest BCUT2D eigenvalue weighted by Crippen LogP contribution is 2.33. The summed E-state index contributed by atoms with van der Waals surface area (Å²) >= 11 is 0. The number of nitrogens with zero attached hydrogens (tertiary/aromatic N) is 4. The molecular weight excluding hydrogens is 590 g/mol. The number of fused-ring (bicyclic) bond motifs is 5. The van der Waals surface area contributed by atoms with Crippen LogP contribution in [0.3, 0.4) is 0 Å². The van der Waals surface area contributed by atoms with Gasteiger partial charge >= 0.3 is 0 Å². The molecule has 46 heavy (non-hydrogen) atoms. The van der Waals surface area contributed by atoms with Crippen molar-refractivity contribution in [2.45, 2.75) is 45.1 Å². The molecule has 6 rings (SSSR count). The summed E-state index contributed by atoms with van der Waals surface area (Å²) < 4.78 is 25.8. The van der Waals surface area contributed by atoms with Crippen molar-refractivity contribution in [3.8, 4) is 17.2 Å². The second-order valence-corrected chi connectivity index (χ2v) is 11.4. The monoisotopic (exact) mass is 627 g/mol. The van der Waals surface area contributed by atoms with Gasteiger partial charge in [-0.05, 0) is 60.9 Å². The lowest BCUT2D eigenvalue weighted by molar-refractivity contribution is -0.124. The van der Waals surface area contributed by atoms with Crippen molar-refractivity contribution in [3.05, 3.63) is 96.0 Å². The van der Waals surface area contributed by atoms with Gasteiger partial charge in [-0.3, -0.25) is 14.4 Å². The van der Waals surface area contributed by atoms with Crippen LogP contribution in [0.15, 0.2) is 77.7 Å². The van der Waals surface area contributed by atoms with E-state index in [1.54, 1.807) is 47.8 Å². The standard InChI is InChI=1S/C34H37N5O7/c1-3-13-38-20-32(40)36-27-11-14-39(34(42)29-10-8-26(46-29)18-37-15-12-35-22-37)19-31(27)44-21-23-5-4-6-25(16-23)45-30-17-24(33(38)41)7-9-28(30)43-2/h4-10,12,15-17,22,27,31H,3,11,13-14,18-21H2,1-2H3,(H,36,40)/t27-,31-/m0/s1. The van der Waals surface area contributed by atoms with Crippen molar-refractivity contribution in [2.75, 3.05) is 33.3 Å². The van der Waals surface area contributed by atoms with E-state index in [4.69, 9.17) is 18.6 Å². The van der Waals surface area contributed by atoms with Crippen LogP contribution in [0.4, 0.5) is 0 Å². The summed E-state index contributed by atoms with van der Waals surface area (Å²) in [6.07, 6.45) is 5.83. The van der Waals surface area contributed by atoms with E-state index in [1.807, 2.05) is 42.0 Å². The fraction of sp³-hybridized carbons (Fsp3) is 0.353. The molecule has 2 aromatic heterocycles. The van der Waals surface area contributed by atoms with Crippen LogP contribution in [0.5, 0.6) is 17.2 Å². The Morgan fingerprint density at radius 1 is 1.13 bits per heavy atom. The topological polar surface area (TPSA) is 128 Å². The van der Waals surface area contributed by atoms with E-state index in [-0.39, 0.29) is 49.2 Å². The Morgan fingerprint density at radius 3 is 2.83 bits per heavy atom. The predicted molar refractivity (Wildman–Crippen MR) is 167 cm³/mol. The van der Waals surface area contributed by atoms with Crippen molar-refractivity contribution < 1.29 is 33.0 Å². The third kappa shape index (κ3) is 7.07. The molecule has 12 nitrogen and oxygen atoms in total. The number of aromatic nitrogens is 2. The number of hydrogen-bond acceptors (Lipinski definition) is 8. The highest BCUT2D eigenvalue weighted by Gasteiger charge is 2.35. The molecule has 1 saturated heterocycles. The van der Waals surface area contributed by atoms with Gasteiger partial charge in [0.1, 0.15) is 11.5 Å². The number of hydrogen-bond donors (Lipinski definition) is 1. The zero-order chi connectivity index (χ0) is 32.0. The first-order valence-electron chi connectivity index (χ1n) is 15.4. The van der Waals surface area contributed by atoms with Gasteiger partial charge in [0.25, 0.3) is 11.8 Å². The van der Waals surface area contributed by atoms with Gasteiger partial charge in [0.15, 0.2) is 17.3 Å². The second kappa shape index (κ2) is 13.9. The number of amides is 3. The van der Waals surface area contributed by atoms with Crippen molar-refractivity contribution in [3.63, 3.8) is 0 Å². The number of imidazole rings is 1. The number of likely N-dealkylation sites (tertiary alicyclic amines) is 1.